The van der Waals surface area contributed by atoms with Gasteiger partial charge in [-0.25, -0.2) is 0 Å². The Bertz CT molecular complexity index is 863. The van der Waals surface area contributed by atoms with Gasteiger partial charge in [0.25, 0.3) is 0 Å². The number of nitrogens with zero attached hydrogens (tertiary/aromatic N) is 1. The molecule has 4 aliphatic carbocycles. The van der Waals surface area contributed by atoms with Crippen LogP contribution in [-0.4, -0.2) is 16.2 Å². The van der Waals surface area contributed by atoms with Gasteiger partial charge < -0.3 is 5.11 Å². The first-order chi connectivity index (χ1) is 16.3. The van der Waals surface area contributed by atoms with Crippen molar-refractivity contribution < 1.29 is 5.11 Å². The Morgan fingerprint density at radius 3 is 2.68 bits per heavy atom. The summed E-state index contributed by atoms with van der Waals surface area (Å²) in [4.78, 5) is 4.53. The van der Waals surface area contributed by atoms with E-state index in [0.717, 1.165) is 54.8 Å². The standard InChI is InChI=1S/C32H49NO/c1-22(20-25-10-5-6-19-33-25)8-7-9-23(2)28-13-14-29-27-12-11-24-21-26(34)15-17-31(24,3)30(27)16-18-32(28,29)4/h5-6,10-11,19,22-23,26-30,34H,7-9,12-18,20-21H2,1-4H3/t22?,23-,26+,27+,28-,29+,30+,31+,32-/m1/s1. The smallest absolute Gasteiger partial charge is 0.0577 e. The van der Waals surface area contributed by atoms with Crippen molar-refractivity contribution in [1.29, 1.82) is 0 Å². The normalized spacial score (nSPS) is 41.1. The summed E-state index contributed by atoms with van der Waals surface area (Å²) >= 11 is 0. The van der Waals surface area contributed by atoms with Gasteiger partial charge in [-0.2, -0.15) is 0 Å². The number of pyridine rings is 1. The molecule has 188 valence electrons. The van der Waals surface area contributed by atoms with Crippen LogP contribution in [0, 0.1) is 46.3 Å². The lowest BCUT2D eigenvalue weighted by Crippen LogP contribution is -2.50. The molecule has 3 fully saturated rings. The highest BCUT2D eigenvalue weighted by molar-refractivity contribution is 5.25. The first-order valence-electron chi connectivity index (χ1n) is 14.6. The van der Waals surface area contributed by atoms with E-state index in [-0.39, 0.29) is 6.10 Å². The fourth-order valence-corrected chi connectivity index (χ4v) is 9.58. The van der Waals surface area contributed by atoms with E-state index in [1.54, 1.807) is 5.57 Å². The summed E-state index contributed by atoms with van der Waals surface area (Å²) in [6.45, 7) is 10.2. The van der Waals surface area contributed by atoms with Crippen LogP contribution in [0.2, 0.25) is 0 Å². The zero-order valence-electron chi connectivity index (χ0n) is 22.3. The molecule has 0 amide bonds. The van der Waals surface area contributed by atoms with Crippen molar-refractivity contribution in [2.75, 3.05) is 0 Å². The number of hydrogen-bond acceptors (Lipinski definition) is 2. The molecule has 2 heteroatoms. The van der Waals surface area contributed by atoms with Crippen molar-refractivity contribution in [3.8, 4) is 0 Å². The number of hydrogen-bond donors (Lipinski definition) is 1. The lowest BCUT2D eigenvalue weighted by atomic mass is 9.47. The van der Waals surface area contributed by atoms with Crippen LogP contribution in [0.1, 0.15) is 104 Å². The van der Waals surface area contributed by atoms with Crippen molar-refractivity contribution in [1.82, 2.24) is 4.98 Å². The quantitative estimate of drug-likeness (QED) is 0.415. The van der Waals surface area contributed by atoms with Crippen LogP contribution in [0.25, 0.3) is 0 Å². The van der Waals surface area contributed by atoms with Crippen molar-refractivity contribution in [3.63, 3.8) is 0 Å². The Balaban J connectivity index is 1.19. The molecule has 34 heavy (non-hydrogen) atoms. The van der Waals surface area contributed by atoms with Crippen molar-refractivity contribution in [2.24, 2.45) is 46.3 Å². The van der Waals surface area contributed by atoms with E-state index in [2.05, 4.69) is 50.9 Å². The van der Waals surface area contributed by atoms with Crippen molar-refractivity contribution >= 4 is 0 Å². The van der Waals surface area contributed by atoms with Gasteiger partial charge in [-0.1, -0.05) is 64.7 Å². The third-order valence-corrected chi connectivity index (χ3v) is 11.5. The molecule has 0 aliphatic heterocycles. The fraction of sp³-hybridized carbons (Fsp3) is 0.781. The van der Waals surface area contributed by atoms with Crippen LogP contribution in [0.5, 0.6) is 0 Å². The van der Waals surface area contributed by atoms with E-state index in [1.807, 2.05) is 12.3 Å². The summed E-state index contributed by atoms with van der Waals surface area (Å²) in [6, 6.07) is 6.30. The molecular weight excluding hydrogens is 414 g/mol. The second-order valence-corrected chi connectivity index (χ2v) is 13.4. The topological polar surface area (TPSA) is 33.1 Å². The molecule has 0 aromatic carbocycles. The van der Waals surface area contributed by atoms with Crippen molar-refractivity contribution in [3.05, 3.63) is 41.7 Å². The first-order valence-corrected chi connectivity index (χ1v) is 14.6. The molecule has 1 N–H and O–H groups in total. The first kappa shape index (κ1) is 24.5. The van der Waals surface area contributed by atoms with E-state index in [1.165, 1.54) is 63.5 Å². The third kappa shape index (κ3) is 4.42. The number of aliphatic hydroxyl groups is 1. The highest BCUT2D eigenvalue weighted by Crippen LogP contribution is 2.67. The number of fused-ring (bicyclic) bond motifs is 5. The van der Waals surface area contributed by atoms with Crippen LogP contribution in [0.3, 0.4) is 0 Å². The van der Waals surface area contributed by atoms with Gasteiger partial charge in [-0.3, -0.25) is 4.98 Å². The second-order valence-electron chi connectivity index (χ2n) is 13.4. The summed E-state index contributed by atoms with van der Waals surface area (Å²) in [5.41, 5.74) is 3.78. The number of rotatable bonds is 7. The summed E-state index contributed by atoms with van der Waals surface area (Å²) in [5.74, 6) is 5.16. The summed E-state index contributed by atoms with van der Waals surface area (Å²) in [7, 11) is 0. The molecule has 2 nitrogen and oxygen atoms in total. The Kier molecular flexibility index (Phi) is 7.01. The minimum Gasteiger partial charge on any atom is -0.393 e. The van der Waals surface area contributed by atoms with E-state index in [0.29, 0.717) is 10.8 Å². The molecule has 0 spiro atoms. The molecule has 1 unspecified atom stereocenters. The molecule has 1 aromatic rings. The Morgan fingerprint density at radius 1 is 1.03 bits per heavy atom. The largest absolute Gasteiger partial charge is 0.393 e. The predicted molar refractivity (Wildman–Crippen MR) is 141 cm³/mol. The van der Waals surface area contributed by atoms with Gasteiger partial charge in [0, 0.05) is 11.9 Å². The zero-order chi connectivity index (χ0) is 23.9. The molecule has 0 saturated heterocycles. The maximum Gasteiger partial charge on any atom is 0.0577 e. The predicted octanol–water partition coefficient (Wildman–Crippen LogP) is 8.01. The molecule has 0 radical (unpaired) electrons. The number of allylic oxidation sites excluding steroid dienone is 1. The SMILES string of the molecule is CC(CCC[C@@H](C)[C@H]1CC[C@H]2[C@@H]3CC=C4C[C@@H](O)CC[C@]4(C)[C@H]3CC[C@]12C)Cc1ccccn1. The molecular formula is C32H49NO. The molecule has 5 rings (SSSR count). The Labute approximate surface area is 209 Å². The molecule has 3 saturated carbocycles. The molecule has 1 aromatic heterocycles. The molecule has 9 atom stereocenters. The van der Waals surface area contributed by atoms with Crippen LogP contribution in [-0.2, 0) is 6.42 Å². The van der Waals surface area contributed by atoms with Crippen LogP contribution in [0.15, 0.2) is 36.0 Å². The van der Waals surface area contributed by atoms with E-state index >= 15 is 0 Å². The molecule has 4 aliphatic rings. The van der Waals surface area contributed by atoms with Gasteiger partial charge in [-0.15, -0.1) is 0 Å². The third-order valence-electron chi connectivity index (χ3n) is 11.5. The minimum absolute atomic E-state index is 0.0897. The lowest BCUT2D eigenvalue weighted by Gasteiger charge is -2.58. The van der Waals surface area contributed by atoms with Crippen LogP contribution < -0.4 is 0 Å². The zero-order valence-corrected chi connectivity index (χ0v) is 22.3. The minimum atomic E-state index is -0.0897. The maximum absolute atomic E-state index is 10.3. The van der Waals surface area contributed by atoms with Gasteiger partial charge in [0.2, 0.25) is 0 Å². The second kappa shape index (κ2) is 9.72. The number of aromatic nitrogens is 1. The molecule has 1 heterocycles. The van der Waals surface area contributed by atoms with Crippen LogP contribution in [0.4, 0.5) is 0 Å². The van der Waals surface area contributed by atoms with Gasteiger partial charge in [0.05, 0.1) is 6.10 Å². The maximum atomic E-state index is 10.3. The Morgan fingerprint density at radius 2 is 1.88 bits per heavy atom. The van der Waals surface area contributed by atoms with E-state index < -0.39 is 0 Å². The van der Waals surface area contributed by atoms with Crippen LogP contribution >= 0.6 is 0 Å². The molecule has 0 bridgehead atoms. The number of aliphatic hydroxyl groups excluding tert-OH is 1. The summed E-state index contributed by atoms with van der Waals surface area (Å²) in [5, 5.41) is 10.3. The highest BCUT2D eigenvalue weighted by Gasteiger charge is 2.59. The van der Waals surface area contributed by atoms with E-state index in [4.69, 9.17) is 0 Å². The Hall–Kier alpha value is -1.15. The average Bonchev–Trinajstić information content (AvgIpc) is 3.17. The monoisotopic (exact) mass is 463 g/mol. The highest BCUT2D eigenvalue weighted by atomic mass is 16.3. The van der Waals surface area contributed by atoms with Gasteiger partial charge >= 0.3 is 0 Å². The van der Waals surface area contributed by atoms with Gasteiger partial charge in [0.1, 0.15) is 0 Å². The fourth-order valence-electron chi connectivity index (χ4n) is 9.58. The van der Waals surface area contributed by atoms with Crippen molar-refractivity contribution in [2.45, 2.75) is 111 Å². The van der Waals surface area contributed by atoms with Gasteiger partial charge in [-0.05, 0) is 116 Å². The van der Waals surface area contributed by atoms with E-state index in [9.17, 15) is 5.11 Å². The van der Waals surface area contributed by atoms with Gasteiger partial charge in [0.15, 0.2) is 0 Å². The lowest BCUT2D eigenvalue weighted by molar-refractivity contribution is -0.0573. The summed E-state index contributed by atoms with van der Waals surface area (Å²) in [6.07, 6.45) is 19.9. The summed E-state index contributed by atoms with van der Waals surface area (Å²) < 4.78 is 0. The average molecular weight is 464 g/mol.